The number of halogens is 5. The number of carbonyl (C=O) groups excluding carboxylic acids is 1. The lowest BCUT2D eigenvalue weighted by molar-refractivity contribution is -0.192. The Kier molecular flexibility index (Phi) is 3.08. The van der Waals surface area contributed by atoms with E-state index in [4.69, 9.17) is 11.5 Å². The van der Waals surface area contributed by atoms with Gasteiger partial charge in [-0.25, -0.2) is 22.0 Å². The average Bonchev–Trinajstić information content (AvgIpc) is 2.38. The minimum atomic E-state index is -3.16. The van der Waals surface area contributed by atoms with E-state index in [9.17, 15) is 26.7 Å². The zero-order valence-corrected chi connectivity index (χ0v) is 11.9. The number of anilines is 2. The van der Waals surface area contributed by atoms with Gasteiger partial charge in [-0.05, 0) is 6.07 Å². The summed E-state index contributed by atoms with van der Waals surface area (Å²) in [5, 5.41) is 0. The molecule has 4 nitrogen and oxygen atoms in total. The Morgan fingerprint density at radius 3 is 2.09 bits per heavy atom. The lowest BCUT2D eigenvalue weighted by Gasteiger charge is -2.51. The second kappa shape index (κ2) is 4.48. The molecule has 1 aliphatic carbocycles. The van der Waals surface area contributed by atoms with Crippen molar-refractivity contribution in [1.82, 2.24) is 4.90 Å². The quantitative estimate of drug-likeness (QED) is 0.642. The Morgan fingerprint density at radius 2 is 1.61 bits per heavy atom. The number of likely N-dealkylation sites (tertiary alicyclic amines) is 1. The molecule has 1 aliphatic heterocycles. The van der Waals surface area contributed by atoms with E-state index >= 15 is 0 Å². The maximum absolute atomic E-state index is 14.4. The zero-order chi connectivity index (χ0) is 17.2. The van der Waals surface area contributed by atoms with Gasteiger partial charge in [-0.3, -0.25) is 4.79 Å². The van der Waals surface area contributed by atoms with E-state index in [0.717, 1.165) is 11.0 Å². The molecule has 1 aromatic rings. The first-order valence-corrected chi connectivity index (χ1v) is 6.86. The van der Waals surface area contributed by atoms with E-state index in [1.807, 2.05) is 0 Å². The SMILES string of the molecule is Nc1ccc(C2(C(=O)N3CC(F)(F)C3)CC(F)(F)C2)c(F)c1N. The minimum absolute atomic E-state index is 0.0876. The van der Waals surface area contributed by atoms with Crippen molar-refractivity contribution in [2.75, 3.05) is 24.6 Å². The molecule has 1 aromatic carbocycles. The predicted molar refractivity (Wildman–Crippen MR) is 72.6 cm³/mol. The lowest BCUT2D eigenvalue weighted by Crippen LogP contribution is -2.67. The minimum Gasteiger partial charge on any atom is -0.397 e. The highest BCUT2D eigenvalue weighted by Gasteiger charge is 2.65. The van der Waals surface area contributed by atoms with Crippen molar-refractivity contribution in [3.05, 3.63) is 23.5 Å². The molecule has 2 aliphatic rings. The van der Waals surface area contributed by atoms with Crippen molar-refractivity contribution in [2.24, 2.45) is 0 Å². The van der Waals surface area contributed by atoms with Crippen LogP contribution in [0.4, 0.5) is 33.3 Å². The highest BCUT2D eigenvalue weighted by Crippen LogP contribution is 2.56. The third-order valence-corrected chi connectivity index (χ3v) is 4.39. The molecule has 126 valence electrons. The molecule has 0 radical (unpaired) electrons. The Morgan fingerprint density at radius 1 is 1.04 bits per heavy atom. The first-order chi connectivity index (χ1) is 10.5. The fraction of sp³-hybridized carbons (Fsp3) is 0.500. The number of rotatable bonds is 2. The molecule has 1 amide bonds. The Hall–Kier alpha value is -2.06. The smallest absolute Gasteiger partial charge is 0.282 e. The molecule has 1 heterocycles. The normalized spacial score (nSPS) is 23.8. The van der Waals surface area contributed by atoms with Crippen molar-refractivity contribution >= 4 is 17.3 Å². The van der Waals surface area contributed by atoms with E-state index in [2.05, 4.69) is 0 Å². The van der Waals surface area contributed by atoms with E-state index in [-0.39, 0.29) is 11.3 Å². The molecular weight excluding hydrogens is 321 g/mol. The molecule has 4 N–H and O–H groups in total. The monoisotopic (exact) mass is 335 g/mol. The third-order valence-electron chi connectivity index (χ3n) is 4.39. The molecule has 0 atom stereocenters. The number of hydrogen-bond donors (Lipinski definition) is 2. The van der Waals surface area contributed by atoms with Gasteiger partial charge >= 0.3 is 0 Å². The van der Waals surface area contributed by atoms with Gasteiger partial charge in [0.1, 0.15) is 0 Å². The Labute approximate surface area is 128 Å². The van der Waals surface area contributed by atoms with Crippen LogP contribution < -0.4 is 11.5 Å². The summed E-state index contributed by atoms with van der Waals surface area (Å²) in [4.78, 5) is 13.2. The van der Waals surface area contributed by atoms with Crippen LogP contribution in [0.2, 0.25) is 0 Å². The van der Waals surface area contributed by atoms with Crippen molar-refractivity contribution < 1.29 is 26.7 Å². The number of benzene rings is 1. The molecule has 1 saturated carbocycles. The Balaban J connectivity index is 1.99. The standard InChI is InChI=1S/C14H14F5N3O/c15-9-7(1-2-8(20)10(9)21)12(3-13(16,17)4-12)11(23)22-5-14(18,19)6-22/h1-2H,3-6,20-21H2. The summed E-state index contributed by atoms with van der Waals surface area (Å²) >= 11 is 0. The van der Waals surface area contributed by atoms with Gasteiger partial charge in [0.15, 0.2) is 5.82 Å². The van der Waals surface area contributed by atoms with Crippen molar-refractivity contribution in [2.45, 2.75) is 30.1 Å². The van der Waals surface area contributed by atoms with Crippen molar-refractivity contribution in [3.8, 4) is 0 Å². The average molecular weight is 335 g/mol. The summed E-state index contributed by atoms with van der Waals surface area (Å²) in [7, 11) is 0. The summed E-state index contributed by atoms with van der Waals surface area (Å²) in [6.45, 7) is -1.71. The fourth-order valence-corrected chi connectivity index (χ4v) is 3.22. The molecule has 9 heteroatoms. The van der Waals surface area contributed by atoms with Gasteiger partial charge in [-0.1, -0.05) is 6.07 Å². The van der Waals surface area contributed by atoms with Crippen molar-refractivity contribution in [1.29, 1.82) is 0 Å². The highest BCUT2D eigenvalue weighted by atomic mass is 19.3. The first kappa shape index (κ1) is 15.8. The predicted octanol–water partition coefficient (Wildman–Crippen LogP) is 2.13. The number of nitrogens with zero attached hydrogens (tertiary/aromatic N) is 1. The number of amides is 1. The summed E-state index contributed by atoms with van der Waals surface area (Å²) in [5.41, 5.74) is 8.17. The van der Waals surface area contributed by atoms with Gasteiger partial charge in [0, 0.05) is 18.4 Å². The van der Waals surface area contributed by atoms with Crippen LogP contribution in [0.1, 0.15) is 18.4 Å². The van der Waals surface area contributed by atoms with Gasteiger partial charge < -0.3 is 16.4 Å². The van der Waals surface area contributed by atoms with Crippen LogP contribution in [0.3, 0.4) is 0 Å². The van der Waals surface area contributed by atoms with Gasteiger partial charge in [0.2, 0.25) is 5.91 Å². The van der Waals surface area contributed by atoms with Crippen molar-refractivity contribution in [3.63, 3.8) is 0 Å². The molecule has 1 saturated heterocycles. The molecule has 3 rings (SSSR count). The van der Waals surface area contributed by atoms with Gasteiger partial charge in [-0.2, -0.15) is 0 Å². The third kappa shape index (κ3) is 2.29. The lowest BCUT2D eigenvalue weighted by atomic mass is 9.60. The van der Waals surface area contributed by atoms with Gasteiger partial charge in [0.25, 0.3) is 11.8 Å². The van der Waals surface area contributed by atoms with Crippen LogP contribution in [-0.4, -0.2) is 35.7 Å². The molecule has 0 unspecified atom stereocenters. The second-order valence-electron chi connectivity index (χ2n) is 6.24. The first-order valence-electron chi connectivity index (χ1n) is 6.86. The number of nitrogens with two attached hydrogens (primary N) is 2. The number of hydrogen-bond acceptors (Lipinski definition) is 3. The van der Waals surface area contributed by atoms with E-state index in [1.165, 1.54) is 6.07 Å². The maximum atomic E-state index is 14.4. The molecule has 0 aromatic heterocycles. The number of carbonyl (C=O) groups is 1. The van der Waals surface area contributed by atoms with Crippen LogP contribution in [-0.2, 0) is 10.2 Å². The fourth-order valence-electron chi connectivity index (χ4n) is 3.22. The van der Waals surface area contributed by atoms with Crippen LogP contribution in [0.25, 0.3) is 0 Å². The molecule has 2 fully saturated rings. The largest absolute Gasteiger partial charge is 0.397 e. The molecular formula is C14H14F5N3O. The summed E-state index contributed by atoms with van der Waals surface area (Å²) in [6, 6.07) is 2.33. The number of nitrogen functional groups attached to an aromatic ring is 2. The van der Waals surface area contributed by atoms with Gasteiger partial charge in [0.05, 0.1) is 29.9 Å². The molecule has 0 bridgehead atoms. The number of alkyl halides is 4. The van der Waals surface area contributed by atoms with E-state index in [1.54, 1.807) is 0 Å². The maximum Gasteiger partial charge on any atom is 0.282 e. The van der Waals surface area contributed by atoms with Crippen LogP contribution in [0, 0.1) is 5.82 Å². The highest BCUT2D eigenvalue weighted by molar-refractivity contribution is 5.91. The molecule has 0 spiro atoms. The summed E-state index contributed by atoms with van der Waals surface area (Å²) in [5.74, 6) is -8.19. The van der Waals surface area contributed by atoms with Crippen LogP contribution in [0.5, 0.6) is 0 Å². The van der Waals surface area contributed by atoms with Crippen LogP contribution >= 0.6 is 0 Å². The summed E-state index contributed by atoms with van der Waals surface area (Å²) < 4.78 is 67.1. The van der Waals surface area contributed by atoms with E-state index in [0.29, 0.717) is 0 Å². The summed E-state index contributed by atoms with van der Waals surface area (Å²) in [6.07, 6.45) is -1.89. The van der Waals surface area contributed by atoms with E-state index < -0.39 is 60.6 Å². The topological polar surface area (TPSA) is 72.4 Å². The Bertz CT molecular complexity index is 675. The van der Waals surface area contributed by atoms with Crippen LogP contribution in [0.15, 0.2) is 12.1 Å². The zero-order valence-electron chi connectivity index (χ0n) is 11.9. The second-order valence-corrected chi connectivity index (χ2v) is 6.24. The molecule has 23 heavy (non-hydrogen) atoms. The van der Waals surface area contributed by atoms with Gasteiger partial charge in [-0.15, -0.1) is 0 Å².